The van der Waals surface area contributed by atoms with E-state index in [1.54, 1.807) is 10.7 Å². The van der Waals surface area contributed by atoms with Gasteiger partial charge in [0.05, 0.1) is 17.4 Å². The van der Waals surface area contributed by atoms with Crippen LogP contribution < -0.4 is 5.46 Å². The van der Waals surface area contributed by atoms with E-state index >= 15 is 0 Å². The molecule has 0 unspecified atom stereocenters. The molecule has 3 rings (SSSR count). The van der Waals surface area contributed by atoms with Gasteiger partial charge in [0, 0.05) is 31.9 Å². The van der Waals surface area contributed by atoms with Gasteiger partial charge in [0.25, 0.3) is 0 Å². The van der Waals surface area contributed by atoms with Crippen LogP contribution in [-0.2, 0) is 29.4 Å². The van der Waals surface area contributed by atoms with Crippen LogP contribution in [0.1, 0.15) is 38.8 Å². The number of halogens is 1. The summed E-state index contributed by atoms with van der Waals surface area (Å²) in [6.07, 6.45) is 3.83. The molecule has 0 aliphatic carbocycles. The molecule has 1 aromatic heterocycles. The predicted molar refractivity (Wildman–Crippen MR) is 100 cm³/mol. The SMILES string of the molecule is CN(Cc1cc(F)cc(B2OC(C)(C)C(C)(C)O2)c1)Cc1cnn(C)c1. The average Bonchev–Trinajstić information content (AvgIpc) is 2.98. The van der Waals surface area contributed by atoms with Gasteiger partial charge in [-0.3, -0.25) is 9.58 Å². The largest absolute Gasteiger partial charge is 0.494 e. The van der Waals surface area contributed by atoms with E-state index in [9.17, 15) is 4.39 Å². The lowest BCUT2D eigenvalue weighted by atomic mass is 9.78. The Labute approximate surface area is 155 Å². The van der Waals surface area contributed by atoms with Crippen molar-refractivity contribution < 1.29 is 13.7 Å². The lowest BCUT2D eigenvalue weighted by Crippen LogP contribution is -2.41. The summed E-state index contributed by atoms with van der Waals surface area (Å²) in [5.41, 5.74) is 1.84. The molecule has 1 aliphatic rings. The quantitative estimate of drug-likeness (QED) is 0.769. The third-order valence-corrected chi connectivity index (χ3v) is 5.17. The maximum Gasteiger partial charge on any atom is 0.494 e. The van der Waals surface area contributed by atoms with Gasteiger partial charge in [-0.1, -0.05) is 6.07 Å². The van der Waals surface area contributed by atoms with Crippen LogP contribution in [-0.4, -0.2) is 40.0 Å². The molecule has 1 saturated heterocycles. The first-order chi connectivity index (χ1) is 12.1. The highest BCUT2D eigenvalue weighted by Gasteiger charge is 2.51. The summed E-state index contributed by atoms with van der Waals surface area (Å²) >= 11 is 0. The van der Waals surface area contributed by atoms with Crippen LogP contribution in [0, 0.1) is 5.82 Å². The maximum atomic E-state index is 14.2. The molecule has 2 aromatic rings. The lowest BCUT2D eigenvalue weighted by Gasteiger charge is -2.32. The summed E-state index contributed by atoms with van der Waals surface area (Å²) < 4.78 is 28.1. The first-order valence-electron chi connectivity index (χ1n) is 8.87. The smallest absolute Gasteiger partial charge is 0.399 e. The number of aryl methyl sites for hydroxylation is 1. The van der Waals surface area contributed by atoms with E-state index in [0.29, 0.717) is 12.0 Å². The lowest BCUT2D eigenvalue weighted by molar-refractivity contribution is 0.00578. The average molecular weight is 359 g/mol. The van der Waals surface area contributed by atoms with Crippen LogP contribution in [0.2, 0.25) is 0 Å². The van der Waals surface area contributed by atoms with Crippen LogP contribution >= 0.6 is 0 Å². The molecule has 1 aliphatic heterocycles. The van der Waals surface area contributed by atoms with Crippen LogP contribution in [0.3, 0.4) is 0 Å². The molecule has 7 heteroatoms. The Kier molecular flexibility index (Phi) is 4.99. The number of rotatable bonds is 5. The Morgan fingerprint density at radius 3 is 2.27 bits per heavy atom. The van der Waals surface area contributed by atoms with Crippen molar-refractivity contribution in [2.45, 2.75) is 52.0 Å². The van der Waals surface area contributed by atoms with E-state index in [4.69, 9.17) is 9.31 Å². The van der Waals surface area contributed by atoms with Gasteiger partial charge in [-0.05, 0) is 57.9 Å². The van der Waals surface area contributed by atoms with Crippen molar-refractivity contribution in [3.63, 3.8) is 0 Å². The molecule has 0 N–H and O–H groups in total. The van der Waals surface area contributed by atoms with Gasteiger partial charge in [-0.2, -0.15) is 5.10 Å². The van der Waals surface area contributed by atoms with Gasteiger partial charge < -0.3 is 9.31 Å². The summed E-state index contributed by atoms with van der Waals surface area (Å²) in [7, 11) is 3.34. The van der Waals surface area contributed by atoms with Crippen LogP contribution in [0.4, 0.5) is 4.39 Å². The standard InChI is InChI=1S/C19H27BFN3O2/c1-18(2)19(3,4)26-20(25-18)16-7-14(8-17(21)9-16)11-23(5)12-15-10-22-24(6)13-15/h7-10,13H,11-12H2,1-6H3. The molecule has 140 valence electrons. The summed E-state index contributed by atoms with van der Waals surface area (Å²) in [6, 6.07) is 5.02. The summed E-state index contributed by atoms with van der Waals surface area (Å²) in [5, 5.41) is 4.18. The molecule has 1 aromatic carbocycles. The van der Waals surface area contributed by atoms with E-state index in [1.807, 2.05) is 60.3 Å². The van der Waals surface area contributed by atoms with E-state index < -0.39 is 18.3 Å². The number of hydrogen-bond acceptors (Lipinski definition) is 4. The Morgan fingerprint density at radius 2 is 1.69 bits per heavy atom. The molecule has 26 heavy (non-hydrogen) atoms. The Bertz CT molecular complexity index is 775. The van der Waals surface area contributed by atoms with Crippen molar-refractivity contribution in [2.24, 2.45) is 7.05 Å². The predicted octanol–water partition coefficient (Wildman–Crippen LogP) is 2.49. The normalized spacial score (nSPS) is 18.7. The molecule has 0 saturated carbocycles. The van der Waals surface area contributed by atoms with Crippen molar-refractivity contribution in [1.82, 2.24) is 14.7 Å². The van der Waals surface area contributed by atoms with Crippen LogP contribution in [0.5, 0.6) is 0 Å². The Morgan fingerprint density at radius 1 is 1.08 bits per heavy atom. The van der Waals surface area contributed by atoms with E-state index in [-0.39, 0.29) is 5.82 Å². The summed E-state index contributed by atoms with van der Waals surface area (Å²) in [5.74, 6) is -0.276. The number of hydrogen-bond donors (Lipinski definition) is 0. The topological polar surface area (TPSA) is 39.5 Å². The van der Waals surface area contributed by atoms with E-state index in [1.165, 1.54) is 6.07 Å². The number of aromatic nitrogens is 2. The monoisotopic (exact) mass is 359 g/mol. The number of nitrogens with zero attached hydrogens (tertiary/aromatic N) is 3. The van der Waals surface area contributed by atoms with Crippen LogP contribution in [0.25, 0.3) is 0 Å². The molecule has 0 amide bonds. The zero-order chi connectivity index (χ0) is 19.1. The second-order valence-corrected chi connectivity index (χ2v) is 8.18. The van der Waals surface area contributed by atoms with Gasteiger partial charge in [0.15, 0.2) is 0 Å². The minimum Gasteiger partial charge on any atom is -0.399 e. The van der Waals surface area contributed by atoms with Gasteiger partial charge in [-0.15, -0.1) is 0 Å². The third kappa shape index (κ3) is 4.00. The van der Waals surface area contributed by atoms with Gasteiger partial charge >= 0.3 is 7.12 Å². The molecule has 2 heterocycles. The molecule has 0 radical (unpaired) electrons. The first kappa shape index (κ1) is 19.1. The second kappa shape index (κ2) is 6.80. The number of benzene rings is 1. The highest BCUT2D eigenvalue weighted by molar-refractivity contribution is 6.62. The first-order valence-corrected chi connectivity index (χ1v) is 8.87. The third-order valence-electron chi connectivity index (χ3n) is 5.17. The van der Waals surface area contributed by atoms with Gasteiger partial charge in [-0.25, -0.2) is 4.39 Å². The fraction of sp³-hybridized carbons (Fsp3) is 0.526. The van der Waals surface area contributed by atoms with Gasteiger partial charge in [0.2, 0.25) is 0 Å². The van der Waals surface area contributed by atoms with Crippen molar-refractivity contribution in [3.8, 4) is 0 Å². The fourth-order valence-corrected chi connectivity index (χ4v) is 3.11. The molecule has 1 fully saturated rings. The zero-order valence-corrected chi connectivity index (χ0v) is 16.4. The summed E-state index contributed by atoms with van der Waals surface area (Å²) in [4.78, 5) is 2.12. The molecular weight excluding hydrogens is 332 g/mol. The highest BCUT2D eigenvalue weighted by atomic mass is 19.1. The zero-order valence-electron chi connectivity index (χ0n) is 16.4. The molecule has 5 nitrogen and oxygen atoms in total. The molecule has 0 atom stereocenters. The maximum absolute atomic E-state index is 14.2. The highest BCUT2D eigenvalue weighted by Crippen LogP contribution is 2.36. The van der Waals surface area contributed by atoms with E-state index in [0.717, 1.165) is 17.7 Å². The molecular formula is C19H27BFN3O2. The minimum absolute atomic E-state index is 0.276. The van der Waals surface area contributed by atoms with Crippen molar-refractivity contribution in [1.29, 1.82) is 0 Å². The molecule has 0 bridgehead atoms. The van der Waals surface area contributed by atoms with Crippen molar-refractivity contribution >= 4 is 12.6 Å². The van der Waals surface area contributed by atoms with E-state index in [2.05, 4.69) is 10.00 Å². The summed E-state index contributed by atoms with van der Waals surface area (Å²) in [6.45, 7) is 9.35. The Hall–Kier alpha value is -1.70. The van der Waals surface area contributed by atoms with Crippen molar-refractivity contribution in [2.75, 3.05) is 7.05 Å². The van der Waals surface area contributed by atoms with Crippen LogP contribution in [0.15, 0.2) is 30.6 Å². The fourth-order valence-electron chi connectivity index (χ4n) is 3.11. The molecule has 0 spiro atoms. The van der Waals surface area contributed by atoms with Crippen molar-refractivity contribution in [3.05, 3.63) is 47.5 Å². The second-order valence-electron chi connectivity index (χ2n) is 8.18. The van der Waals surface area contributed by atoms with Gasteiger partial charge in [0.1, 0.15) is 5.82 Å². The minimum atomic E-state index is -0.557. The Balaban J connectivity index is 1.74.